The molecule has 92 valence electrons. The topological polar surface area (TPSA) is 99.2 Å². The summed E-state index contributed by atoms with van der Waals surface area (Å²) < 4.78 is 6.76. The largest absolute Gasteiger partial charge is 0.379 e. The maximum absolute atomic E-state index is 11.7. The minimum absolute atomic E-state index is 0.0181. The van der Waals surface area contributed by atoms with E-state index in [1.807, 2.05) is 0 Å². The molecule has 2 heterocycles. The van der Waals surface area contributed by atoms with Gasteiger partial charge in [0.05, 0.1) is 12.6 Å². The van der Waals surface area contributed by atoms with Gasteiger partial charge >= 0.3 is 0 Å². The molecule has 1 saturated heterocycles. The van der Waals surface area contributed by atoms with Gasteiger partial charge in [-0.2, -0.15) is 5.10 Å². The fraction of sp³-hybridized carbons (Fsp3) is 0.500. The maximum atomic E-state index is 11.7. The van der Waals surface area contributed by atoms with Crippen LogP contribution in [0.5, 0.6) is 0 Å². The molecular formula is C10H14N4O3. The van der Waals surface area contributed by atoms with E-state index in [-0.39, 0.29) is 17.6 Å². The zero-order chi connectivity index (χ0) is 12.4. The smallest absolute Gasteiger partial charge is 0.269 e. The zero-order valence-electron chi connectivity index (χ0n) is 9.47. The summed E-state index contributed by atoms with van der Waals surface area (Å²) in [6.45, 7) is 1.12. The lowest BCUT2D eigenvalue weighted by Gasteiger charge is -2.11. The Balaban J connectivity index is 2.39. The number of hydrogen-bond donors (Lipinski definition) is 2. The third-order valence-electron chi connectivity index (χ3n) is 2.70. The molecule has 0 spiro atoms. The first-order valence-corrected chi connectivity index (χ1v) is 5.32. The molecule has 1 aliphatic rings. The van der Waals surface area contributed by atoms with Gasteiger partial charge in [-0.15, -0.1) is 0 Å². The van der Waals surface area contributed by atoms with Crippen molar-refractivity contribution < 1.29 is 14.3 Å². The first-order valence-electron chi connectivity index (χ1n) is 5.32. The highest BCUT2D eigenvalue weighted by atomic mass is 16.5. The number of carbonyl (C=O) groups is 2. The second-order valence-corrected chi connectivity index (χ2v) is 3.82. The lowest BCUT2D eigenvalue weighted by atomic mass is 10.2. The molecule has 0 aromatic carbocycles. The van der Waals surface area contributed by atoms with Crippen LogP contribution in [0.2, 0.25) is 0 Å². The summed E-state index contributed by atoms with van der Waals surface area (Å²) in [4.78, 5) is 22.7. The molecule has 7 nitrogen and oxygen atoms in total. The summed E-state index contributed by atoms with van der Waals surface area (Å²) in [6.07, 6.45) is 0.768. The first-order chi connectivity index (χ1) is 8.13. The van der Waals surface area contributed by atoms with Crippen LogP contribution in [0.4, 0.5) is 0 Å². The van der Waals surface area contributed by atoms with Gasteiger partial charge in [-0.1, -0.05) is 0 Å². The van der Waals surface area contributed by atoms with Gasteiger partial charge in [0.2, 0.25) is 0 Å². The molecule has 2 rings (SSSR count). The Bertz CT molecular complexity index is 448. The molecule has 0 aliphatic carbocycles. The molecule has 17 heavy (non-hydrogen) atoms. The van der Waals surface area contributed by atoms with Crippen molar-refractivity contribution in [1.29, 1.82) is 0 Å². The van der Waals surface area contributed by atoms with Crippen molar-refractivity contribution in [2.24, 2.45) is 5.73 Å². The Morgan fingerprint density at radius 2 is 2.41 bits per heavy atom. The quantitative estimate of drug-likeness (QED) is 0.727. The number of aromatic nitrogens is 2. The zero-order valence-corrected chi connectivity index (χ0v) is 9.47. The van der Waals surface area contributed by atoms with Gasteiger partial charge in [0, 0.05) is 19.7 Å². The highest BCUT2D eigenvalue weighted by Crippen LogP contribution is 2.20. The Hall–Kier alpha value is -1.89. The van der Waals surface area contributed by atoms with Crippen molar-refractivity contribution in [3.8, 4) is 0 Å². The lowest BCUT2D eigenvalue weighted by molar-refractivity contribution is 0.0946. The van der Waals surface area contributed by atoms with Gasteiger partial charge in [0.1, 0.15) is 5.69 Å². The number of nitrogens with one attached hydrogen (secondary N) is 1. The van der Waals surface area contributed by atoms with Gasteiger partial charge in [-0.25, -0.2) is 0 Å². The van der Waals surface area contributed by atoms with Gasteiger partial charge < -0.3 is 15.8 Å². The average molecular weight is 238 g/mol. The van der Waals surface area contributed by atoms with Gasteiger partial charge in [-0.3, -0.25) is 14.3 Å². The fourth-order valence-corrected chi connectivity index (χ4v) is 1.81. The molecule has 2 amide bonds. The van der Waals surface area contributed by atoms with Gasteiger partial charge in [-0.05, 0) is 6.42 Å². The Labute approximate surface area is 97.9 Å². The van der Waals surface area contributed by atoms with Crippen LogP contribution in [0.15, 0.2) is 6.07 Å². The van der Waals surface area contributed by atoms with Crippen LogP contribution in [0, 0.1) is 0 Å². The summed E-state index contributed by atoms with van der Waals surface area (Å²) in [6, 6.07) is 1.38. The number of amides is 2. The van der Waals surface area contributed by atoms with E-state index in [2.05, 4.69) is 10.4 Å². The van der Waals surface area contributed by atoms with Crippen LogP contribution in [0.3, 0.4) is 0 Å². The van der Waals surface area contributed by atoms with E-state index in [9.17, 15) is 9.59 Å². The fourth-order valence-electron chi connectivity index (χ4n) is 1.81. The monoisotopic (exact) mass is 238 g/mol. The third-order valence-corrected chi connectivity index (χ3v) is 2.70. The van der Waals surface area contributed by atoms with Crippen LogP contribution in [-0.2, 0) is 4.74 Å². The minimum Gasteiger partial charge on any atom is -0.379 e. The number of nitrogens with zero attached hydrogens (tertiary/aromatic N) is 2. The number of nitrogens with two attached hydrogens (primary N) is 1. The molecule has 1 aromatic heterocycles. The van der Waals surface area contributed by atoms with Gasteiger partial charge in [0.15, 0.2) is 5.69 Å². The Kier molecular flexibility index (Phi) is 3.10. The molecule has 0 bridgehead atoms. The summed E-state index contributed by atoms with van der Waals surface area (Å²) in [7, 11) is 1.52. The van der Waals surface area contributed by atoms with Gasteiger partial charge in [0.25, 0.3) is 11.8 Å². The second-order valence-electron chi connectivity index (χ2n) is 3.82. The second kappa shape index (κ2) is 4.54. The van der Waals surface area contributed by atoms with E-state index in [0.717, 1.165) is 6.42 Å². The van der Waals surface area contributed by atoms with E-state index >= 15 is 0 Å². The Morgan fingerprint density at radius 1 is 1.65 bits per heavy atom. The van der Waals surface area contributed by atoms with E-state index in [1.54, 1.807) is 0 Å². The maximum Gasteiger partial charge on any atom is 0.269 e. The van der Waals surface area contributed by atoms with Crippen LogP contribution in [0.1, 0.15) is 33.4 Å². The highest BCUT2D eigenvalue weighted by Gasteiger charge is 2.25. The molecule has 1 aromatic rings. The lowest BCUT2D eigenvalue weighted by Crippen LogP contribution is -2.24. The summed E-state index contributed by atoms with van der Waals surface area (Å²) in [5.41, 5.74) is 5.58. The molecule has 1 fully saturated rings. The first kappa shape index (κ1) is 11.6. The Morgan fingerprint density at radius 3 is 2.94 bits per heavy atom. The highest BCUT2D eigenvalue weighted by molar-refractivity contribution is 5.97. The average Bonchev–Trinajstić information content (AvgIpc) is 2.95. The SMILES string of the molecule is CNC(=O)c1cc(C(N)=O)nn1C1CCOC1. The predicted octanol–water partition coefficient (Wildman–Crippen LogP) is -0.697. The molecule has 7 heteroatoms. The van der Waals surface area contributed by atoms with Crippen molar-refractivity contribution in [1.82, 2.24) is 15.1 Å². The van der Waals surface area contributed by atoms with Crippen LogP contribution in [0.25, 0.3) is 0 Å². The molecule has 1 atom stereocenters. The number of rotatable bonds is 3. The molecule has 1 unspecified atom stereocenters. The van der Waals surface area contributed by atoms with Crippen molar-refractivity contribution in [3.05, 3.63) is 17.5 Å². The van der Waals surface area contributed by atoms with Crippen molar-refractivity contribution in [3.63, 3.8) is 0 Å². The molecular weight excluding hydrogens is 224 g/mol. The van der Waals surface area contributed by atoms with E-state index in [4.69, 9.17) is 10.5 Å². The number of ether oxygens (including phenoxy) is 1. The van der Waals surface area contributed by atoms with E-state index in [0.29, 0.717) is 18.9 Å². The molecule has 3 N–H and O–H groups in total. The van der Waals surface area contributed by atoms with E-state index < -0.39 is 5.91 Å². The van der Waals surface area contributed by atoms with Crippen LogP contribution >= 0.6 is 0 Å². The summed E-state index contributed by atoms with van der Waals surface area (Å²) in [5.74, 6) is -0.940. The van der Waals surface area contributed by atoms with Crippen molar-refractivity contribution >= 4 is 11.8 Å². The predicted molar refractivity (Wildman–Crippen MR) is 58.6 cm³/mol. The molecule has 1 aliphatic heterocycles. The number of primary amides is 1. The molecule has 0 saturated carbocycles. The van der Waals surface area contributed by atoms with Crippen LogP contribution in [-0.4, -0.2) is 41.9 Å². The number of carbonyl (C=O) groups excluding carboxylic acids is 2. The van der Waals surface area contributed by atoms with Crippen LogP contribution < -0.4 is 11.1 Å². The standard InChI is InChI=1S/C10H14N4O3/c1-12-10(16)8-4-7(9(11)15)13-14(8)6-2-3-17-5-6/h4,6H,2-3,5H2,1H3,(H2,11,15)(H,12,16). The van der Waals surface area contributed by atoms with Crippen molar-refractivity contribution in [2.45, 2.75) is 12.5 Å². The van der Waals surface area contributed by atoms with E-state index in [1.165, 1.54) is 17.8 Å². The molecule has 0 radical (unpaired) electrons. The summed E-state index contributed by atoms with van der Waals surface area (Å²) >= 11 is 0. The van der Waals surface area contributed by atoms with Crippen molar-refractivity contribution in [2.75, 3.05) is 20.3 Å². The normalized spacial score (nSPS) is 19.2. The minimum atomic E-state index is -0.646. The summed E-state index contributed by atoms with van der Waals surface area (Å²) in [5, 5.41) is 6.57. The third kappa shape index (κ3) is 2.14. The number of hydrogen-bond acceptors (Lipinski definition) is 4.